The number of likely N-dealkylation sites (tertiary alicyclic amines) is 1. The molecule has 1 heterocycles. The lowest BCUT2D eigenvalue weighted by Crippen LogP contribution is -2.38. The highest BCUT2D eigenvalue weighted by atomic mass is 35.5. The van der Waals surface area contributed by atoms with Gasteiger partial charge in [0.25, 0.3) is 5.91 Å². The van der Waals surface area contributed by atoms with Crippen molar-refractivity contribution in [3.05, 3.63) is 63.6 Å². The lowest BCUT2D eigenvalue weighted by molar-refractivity contribution is 0.0935. The highest BCUT2D eigenvalue weighted by Crippen LogP contribution is 2.25. The fraction of sp³-hybridized carbons (Fsp3) is 0.381. The van der Waals surface area contributed by atoms with E-state index in [0.29, 0.717) is 28.1 Å². The van der Waals surface area contributed by atoms with E-state index in [4.69, 9.17) is 23.2 Å². The van der Waals surface area contributed by atoms with Crippen LogP contribution in [0.15, 0.2) is 47.4 Å². The van der Waals surface area contributed by atoms with Crippen LogP contribution in [0, 0.1) is 5.92 Å². The zero-order valence-corrected chi connectivity index (χ0v) is 17.7. The molecule has 3 nitrogen and oxygen atoms in total. The summed E-state index contributed by atoms with van der Waals surface area (Å²) in [5.41, 5.74) is 1.88. The second-order valence-electron chi connectivity index (χ2n) is 6.87. The van der Waals surface area contributed by atoms with E-state index in [0.717, 1.165) is 32.5 Å². The summed E-state index contributed by atoms with van der Waals surface area (Å²) in [4.78, 5) is 16.2. The molecule has 0 saturated carbocycles. The first-order valence-corrected chi connectivity index (χ1v) is 11.1. The number of halogens is 2. The molecular formula is C21H24Cl2N2OS. The number of hydrogen-bond donors (Lipinski definition) is 1. The minimum Gasteiger partial charge on any atom is -0.352 e. The molecule has 6 heteroatoms. The molecule has 144 valence electrons. The van der Waals surface area contributed by atoms with Crippen molar-refractivity contribution in [3.63, 3.8) is 0 Å². The molecule has 0 bridgehead atoms. The Kier molecular flexibility index (Phi) is 7.48. The van der Waals surface area contributed by atoms with Gasteiger partial charge in [0.05, 0.1) is 10.6 Å². The lowest BCUT2D eigenvalue weighted by atomic mass is 9.96. The third kappa shape index (κ3) is 5.64. The molecule has 1 amide bonds. The third-order valence-corrected chi connectivity index (χ3v) is 6.41. The highest BCUT2D eigenvalue weighted by molar-refractivity contribution is 7.98. The van der Waals surface area contributed by atoms with E-state index in [1.54, 1.807) is 30.0 Å². The summed E-state index contributed by atoms with van der Waals surface area (Å²) in [6.07, 6.45) is 4.31. The lowest BCUT2D eigenvalue weighted by Gasteiger charge is -2.32. The number of nitrogens with one attached hydrogen (secondary N) is 1. The minimum absolute atomic E-state index is 0.131. The van der Waals surface area contributed by atoms with Crippen LogP contribution >= 0.6 is 35.0 Å². The van der Waals surface area contributed by atoms with E-state index in [1.165, 1.54) is 10.5 Å². The van der Waals surface area contributed by atoms with Gasteiger partial charge in [-0.3, -0.25) is 9.69 Å². The molecule has 3 rings (SSSR count). The quantitative estimate of drug-likeness (QED) is 0.635. The molecule has 2 aromatic rings. The summed E-state index contributed by atoms with van der Waals surface area (Å²) in [6, 6.07) is 13.6. The molecule has 0 unspecified atom stereocenters. The van der Waals surface area contributed by atoms with Gasteiger partial charge in [-0.1, -0.05) is 41.4 Å². The van der Waals surface area contributed by atoms with Gasteiger partial charge in [0.2, 0.25) is 0 Å². The first-order valence-electron chi connectivity index (χ1n) is 9.14. The zero-order chi connectivity index (χ0) is 19.2. The summed E-state index contributed by atoms with van der Waals surface area (Å²) < 4.78 is 0. The van der Waals surface area contributed by atoms with Gasteiger partial charge in [-0.05, 0) is 67.9 Å². The normalized spacial score (nSPS) is 15.7. The number of carbonyl (C=O) groups excluding carboxylic acids is 1. The molecule has 1 fully saturated rings. The van der Waals surface area contributed by atoms with Gasteiger partial charge < -0.3 is 5.32 Å². The average molecular weight is 423 g/mol. The number of nitrogens with zero attached hydrogens (tertiary/aromatic N) is 1. The van der Waals surface area contributed by atoms with E-state index in [2.05, 4.69) is 40.7 Å². The van der Waals surface area contributed by atoms with E-state index in [1.807, 2.05) is 0 Å². The van der Waals surface area contributed by atoms with Gasteiger partial charge in [0.1, 0.15) is 0 Å². The minimum atomic E-state index is -0.131. The molecule has 1 aliphatic heterocycles. The number of rotatable bonds is 6. The maximum atomic E-state index is 12.3. The van der Waals surface area contributed by atoms with Crippen molar-refractivity contribution in [2.75, 3.05) is 25.9 Å². The Bertz CT molecular complexity index is 792. The van der Waals surface area contributed by atoms with Crippen LogP contribution in [0.5, 0.6) is 0 Å². The van der Waals surface area contributed by atoms with Gasteiger partial charge >= 0.3 is 0 Å². The number of hydrogen-bond acceptors (Lipinski definition) is 3. The number of amides is 1. The molecule has 0 aromatic heterocycles. The number of benzene rings is 2. The molecule has 0 radical (unpaired) electrons. The van der Waals surface area contributed by atoms with Crippen LogP contribution in [0.3, 0.4) is 0 Å². The van der Waals surface area contributed by atoms with E-state index < -0.39 is 0 Å². The molecule has 27 heavy (non-hydrogen) atoms. The van der Waals surface area contributed by atoms with Crippen LogP contribution in [0.4, 0.5) is 0 Å². The fourth-order valence-corrected chi connectivity index (χ4v) is 4.53. The van der Waals surface area contributed by atoms with Gasteiger partial charge in [0, 0.05) is 23.0 Å². The standard InChI is InChI=1S/C21H24Cl2N2OS/c1-27-20-5-3-2-4-16(20)14-25-10-8-15(9-11-25)13-24-21(26)18-7-6-17(22)12-19(18)23/h2-7,12,15H,8-11,13-14H2,1H3,(H,24,26). The van der Waals surface area contributed by atoms with Gasteiger partial charge in [-0.25, -0.2) is 0 Å². The van der Waals surface area contributed by atoms with Gasteiger partial charge in [-0.2, -0.15) is 0 Å². The SMILES string of the molecule is CSc1ccccc1CN1CCC(CNC(=O)c2ccc(Cl)cc2Cl)CC1. The van der Waals surface area contributed by atoms with Crippen LogP contribution in [0.25, 0.3) is 0 Å². The van der Waals surface area contributed by atoms with Crippen molar-refractivity contribution in [3.8, 4) is 0 Å². The molecule has 1 N–H and O–H groups in total. The Morgan fingerprint density at radius 1 is 1.19 bits per heavy atom. The third-order valence-electron chi connectivity index (χ3n) is 5.02. The van der Waals surface area contributed by atoms with Crippen molar-refractivity contribution in [2.45, 2.75) is 24.3 Å². The summed E-state index contributed by atoms with van der Waals surface area (Å²) in [5.74, 6) is 0.375. The Balaban J connectivity index is 1.46. The Labute approximate surface area is 175 Å². The van der Waals surface area contributed by atoms with Crippen molar-refractivity contribution in [1.82, 2.24) is 10.2 Å². The maximum absolute atomic E-state index is 12.3. The van der Waals surface area contributed by atoms with E-state index in [-0.39, 0.29) is 5.91 Å². The first kappa shape index (κ1) is 20.5. The van der Waals surface area contributed by atoms with Crippen molar-refractivity contribution < 1.29 is 4.79 Å². The number of carbonyl (C=O) groups is 1. The summed E-state index contributed by atoms with van der Waals surface area (Å²) >= 11 is 13.8. The van der Waals surface area contributed by atoms with Crippen LogP contribution in [-0.4, -0.2) is 36.7 Å². The Hall–Kier alpha value is -1.20. The predicted molar refractivity (Wildman–Crippen MR) is 115 cm³/mol. The van der Waals surface area contributed by atoms with E-state index >= 15 is 0 Å². The van der Waals surface area contributed by atoms with Crippen molar-refractivity contribution in [2.24, 2.45) is 5.92 Å². The van der Waals surface area contributed by atoms with Gasteiger partial charge in [-0.15, -0.1) is 11.8 Å². The fourth-order valence-electron chi connectivity index (χ4n) is 3.43. The molecule has 0 aliphatic carbocycles. The van der Waals surface area contributed by atoms with E-state index in [9.17, 15) is 4.79 Å². The second kappa shape index (κ2) is 9.83. The average Bonchev–Trinajstić information content (AvgIpc) is 2.67. The topological polar surface area (TPSA) is 32.3 Å². The monoisotopic (exact) mass is 422 g/mol. The molecule has 2 aromatic carbocycles. The molecule has 0 atom stereocenters. The number of thioether (sulfide) groups is 1. The van der Waals surface area contributed by atoms with Gasteiger partial charge in [0.15, 0.2) is 0 Å². The summed E-state index contributed by atoms with van der Waals surface area (Å²) in [7, 11) is 0. The Morgan fingerprint density at radius 2 is 1.93 bits per heavy atom. The van der Waals surface area contributed by atoms with Crippen molar-refractivity contribution >= 4 is 40.9 Å². The van der Waals surface area contributed by atoms with Crippen LogP contribution < -0.4 is 5.32 Å². The number of piperidine rings is 1. The Morgan fingerprint density at radius 3 is 2.63 bits per heavy atom. The van der Waals surface area contributed by atoms with Crippen molar-refractivity contribution in [1.29, 1.82) is 0 Å². The smallest absolute Gasteiger partial charge is 0.252 e. The highest BCUT2D eigenvalue weighted by Gasteiger charge is 2.21. The zero-order valence-electron chi connectivity index (χ0n) is 15.4. The molecular weight excluding hydrogens is 399 g/mol. The predicted octanol–water partition coefficient (Wildman–Crippen LogP) is 5.36. The summed E-state index contributed by atoms with van der Waals surface area (Å²) in [5, 5.41) is 3.95. The molecule has 1 saturated heterocycles. The molecule has 0 spiro atoms. The maximum Gasteiger partial charge on any atom is 0.252 e. The van der Waals surface area contributed by atoms with Crippen LogP contribution in [-0.2, 0) is 6.54 Å². The first-order chi connectivity index (χ1) is 13.1. The van der Waals surface area contributed by atoms with Crippen LogP contribution in [0.1, 0.15) is 28.8 Å². The summed E-state index contributed by atoms with van der Waals surface area (Å²) in [6.45, 7) is 3.80. The second-order valence-corrected chi connectivity index (χ2v) is 8.56. The van der Waals surface area contributed by atoms with Crippen LogP contribution in [0.2, 0.25) is 10.0 Å². The largest absolute Gasteiger partial charge is 0.352 e. The molecule has 1 aliphatic rings.